The van der Waals surface area contributed by atoms with Crippen molar-refractivity contribution in [3.8, 4) is 5.75 Å². The van der Waals surface area contributed by atoms with Crippen LogP contribution in [-0.2, 0) is 11.2 Å². The number of benzene rings is 2. The first-order valence-corrected chi connectivity index (χ1v) is 8.92. The molecule has 0 aromatic heterocycles. The summed E-state index contributed by atoms with van der Waals surface area (Å²) >= 11 is 3.32. The lowest BCUT2D eigenvalue weighted by Gasteiger charge is -2.25. The maximum absolute atomic E-state index is 12.0. The van der Waals surface area contributed by atoms with Crippen molar-refractivity contribution < 1.29 is 14.3 Å². The second-order valence-corrected chi connectivity index (χ2v) is 6.90. The summed E-state index contributed by atoms with van der Waals surface area (Å²) in [4.78, 5) is 24.0. The smallest absolute Gasteiger partial charge is 0.251 e. The molecule has 6 heteroatoms. The van der Waals surface area contributed by atoms with E-state index in [-0.39, 0.29) is 24.3 Å². The summed E-state index contributed by atoms with van der Waals surface area (Å²) in [7, 11) is 0. The van der Waals surface area contributed by atoms with Gasteiger partial charge in [-0.2, -0.15) is 0 Å². The molecule has 0 saturated carbocycles. The van der Waals surface area contributed by atoms with Crippen LogP contribution in [0.5, 0.6) is 5.75 Å². The van der Waals surface area contributed by atoms with Gasteiger partial charge in [0.2, 0.25) is 5.91 Å². The highest BCUT2D eigenvalue weighted by Gasteiger charge is 2.20. The number of para-hydroxylation sites is 1. The Labute approximate surface area is 154 Å². The molecule has 0 fully saturated rings. The van der Waals surface area contributed by atoms with Crippen molar-refractivity contribution in [2.24, 2.45) is 5.92 Å². The first-order valence-electron chi connectivity index (χ1n) is 8.13. The molecule has 1 unspecified atom stereocenters. The molecule has 2 N–H and O–H groups in total. The number of hydrogen-bond donors (Lipinski definition) is 2. The van der Waals surface area contributed by atoms with Crippen molar-refractivity contribution in [1.29, 1.82) is 0 Å². The minimum atomic E-state index is -0.272. The van der Waals surface area contributed by atoms with Gasteiger partial charge in [0.05, 0.1) is 13.2 Å². The fraction of sp³-hybridized carbons (Fsp3) is 0.263. The van der Waals surface area contributed by atoms with E-state index in [0.717, 1.165) is 22.2 Å². The van der Waals surface area contributed by atoms with Gasteiger partial charge in [0.15, 0.2) is 0 Å². The van der Waals surface area contributed by atoms with Crippen molar-refractivity contribution in [2.45, 2.75) is 6.42 Å². The Kier molecular flexibility index (Phi) is 5.71. The molecule has 0 spiro atoms. The summed E-state index contributed by atoms with van der Waals surface area (Å²) in [5.74, 6) is 0.680. The number of carbonyl (C=O) groups is 2. The Morgan fingerprint density at radius 3 is 2.80 bits per heavy atom. The Morgan fingerprint density at radius 2 is 1.96 bits per heavy atom. The lowest BCUT2D eigenvalue weighted by atomic mass is 9.97. The van der Waals surface area contributed by atoms with E-state index in [1.165, 1.54) is 0 Å². The number of ether oxygens (including phenoxy) is 1. The highest BCUT2D eigenvalue weighted by Crippen LogP contribution is 2.26. The van der Waals surface area contributed by atoms with Gasteiger partial charge in [0.1, 0.15) is 5.75 Å². The molecule has 0 saturated heterocycles. The number of carbonyl (C=O) groups excluding carboxylic acids is 2. The summed E-state index contributed by atoms with van der Waals surface area (Å²) in [6, 6.07) is 15.0. The maximum Gasteiger partial charge on any atom is 0.251 e. The van der Waals surface area contributed by atoms with Crippen molar-refractivity contribution in [2.75, 3.05) is 19.7 Å². The molecule has 1 heterocycles. The molecule has 1 aliphatic heterocycles. The summed E-state index contributed by atoms with van der Waals surface area (Å²) in [5, 5.41) is 5.48. The van der Waals surface area contributed by atoms with Crippen LogP contribution in [0.2, 0.25) is 0 Å². The van der Waals surface area contributed by atoms with E-state index in [0.29, 0.717) is 18.7 Å². The van der Waals surface area contributed by atoms with Crippen LogP contribution in [0.15, 0.2) is 53.0 Å². The van der Waals surface area contributed by atoms with E-state index in [4.69, 9.17) is 4.74 Å². The van der Waals surface area contributed by atoms with Crippen molar-refractivity contribution in [3.05, 3.63) is 64.1 Å². The van der Waals surface area contributed by atoms with Gasteiger partial charge < -0.3 is 15.4 Å². The Hall–Kier alpha value is -2.34. The SMILES string of the molecule is O=C(CNC(=O)c1cccc(Br)c1)NCC1COc2ccccc2C1. The molecular weight excluding hydrogens is 384 g/mol. The zero-order valence-electron chi connectivity index (χ0n) is 13.6. The highest BCUT2D eigenvalue weighted by atomic mass is 79.9. The van der Waals surface area contributed by atoms with Gasteiger partial charge in [-0.1, -0.05) is 40.2 Å². The number of halogens is 1. The summed E-state index contributed by atoms with van der Waals surface area (Å²) < 4.78 is 6.53. The fourth-order valence-electron chi connectivity index (χ4n) is 2.73. The van der Waals surface area contributed by atoms with Crippen molar-refractivity contribution in [3.63, 3.8) is 0 Å². The van der Waals surface area contributed by atoms with Crippen LogP contribution in [0.25, 0.3) is 0 Å². The molecule has 2 aromatic rings. The van der Waals surface area contributed by atoms with Crippen molar-refractivity contribution in [1.82, 2.24) is 10.6 Å². The largest absolute Gasteiger partial charge is 0.493 e. The topological polar surface area (TPSA) is 67.4 Å². The molecule has 0 radical (unpaired) electrons. The van der Waals surface area contributed by atoms with Gasteiger partial charge in [0, 0.05) is 22.5 Å². The van der Waals surface area contributed by atoms with Gasteiger partial charge in [-0.05, 0) is 36.2 Å². The van der Waals surface area contributed by atoms with E-state index < -0.39 is 0 Å². The van der Waals surface area contributed by atoms with Crippen molar-refractivity contribution >= 4 is 27.7 Å². The average molecular weight is 403 g/mol. The van der Waals surface area contributed by atoms with Gasteiger partial charge in [-0.15, -0.1) is 0 Å². The number of rotatable bonds is 5. The van der Waals surface area contributed by atoms with Gasteiger partial charge in [-0.3, -0.25) is 9.59 Å². The van der Waals surface area contributed by atoms with E-state index >= 15 is 0 Å². The van der Waals surface area contributed by atoms with Gasteiger partial charge in [-0.25, -0.2) is 0 Å². The zero-order valence-corrected chi connectivity index (χ0v) is 15.2. The number of fused-ring (bicyclic) bond motifs is 1. The third-order valence-electron chi connectivity index (χ3n) is 4.04. The Bertz CT molecular complexity index is 779. The first-order chi connectivity index (χ1) is 12.1. The van der Waals surface area contributed by atoms with Crippen LogP contribution < -0.4 is 15.4 Å². The van der Waals surface area contributed by atoms with E-state index in [1.54, 1.807) is 18.2 Å². The molecule has 130 valence electrons. The maximum atomic E-state index is 12.0. The lowest BCUT2D eigenvalue weighted by molar-refractivity contribution is -0.120. The average Bonchev–Trinajstić information content (AvgIpc) is 2.64. The lowest BCUT2D eigenvalue weighted by Crippen LogP contribution is -2.40. The van der Waals surface area contributed by atoms with E-state index in [9.17, 15) is 9.59 Å². The standard InChI is InChI=1S/C19H19BrN2O3/c20-16-6-3-5-15(9-16)19(24)22-11-18(23)21-10-13-8-14-4-1-2-7-17(14)25-12-13/h1-7,9,13H,8,10-12H2,(H,21,23)(H,22,24). The molecule has 0 bridgehead atoms. The predicted octanol–water partition coefficient (Wildman–Crippen LogP) is 2.55. The fourth-order valence-corrected chi connectivity index (χ4v) is 3.13. The molecule has 0 aliphatic carbocycles. The molecule has 1 aliphatic rings. The van der Waals surface area contributed by atoms with Crippen LogP contribution in [0.1, 0.15) is 15.9 Å². The van der Waals surface area contributed by atoms with Gasteiger partial charge >= 0.3 is 0 Å². The number of hydrogen-bond acceptors (Lipinski definition) is 3. The van der Waals surface area contributed by atoms with Crippen LogP contribution in [0.4, 0.5) is 0 Å². The van der Waals surface area contributed by atoms with E-state index in [2.05, 4.69) is 26.6 Å². The summed E-state index contributed by atoms with van der Waals surface area (Å²) in [5.41, 5.74) is 1.68. The Balaban J connectivity index is 1.42. The normalized spacial score (nSPS) is 15.6. The predicted molar refractivity (Wildman–Crippen MR) is 98.6 cm³/mol. The minimum absolute atomic E-state index is 0.0461. The van der Waals surface area contributed by atoms with Crippen LogP contribution >= 0.6 is 15.9 Å². The second-order valence-electron chi connectivity index (χ2n) is 5.99. The van der Waals surface area contributed by atoms with E-state index in [1.807, 2.05) is 30.3 Å². The molecule has 2 amide bonds. The third-order valence-corrected chi connectivity index (χ3v) is 4.53. The summed E-state index contributed by atoms with van der Waals surface area (Å²) in [6.45, 7) is 1.07. The molecule has 1 atom stereocenters. The first kappa shape index (κ1) is 17.5. The van der Waals surface area contributed by atoms with Gasteiger partial charge in [0.25, 0.3) is 5.91 Å². The summed E-state index contributed by atoms with van der Waals surface area (Å²) in [6.07, 6.45) is 0.876. The molecule has 25 heavy (non-hydrogen) atoms. The monoisotopic (exact) mass is 402 g/mol. The molecule has 3 rings (SSSR count). The minimum Gasteiger partial charge on any atom is -0.493 e. The molecule has 2 aromatic carbocycles. The van der Waals surface area contributed by atoms with Crippen LogP contribution in [0, 0.1) is 5.92 Å². The third kappa shape index (κ3) is 4.82. The quantitative estimate of drug-likeness (QED) is 0.807. The van der Waals surface area contributed by atoms with Crippen LogP contribution in [0.3, 0.4) is 0 Å². The second kappa shape index (κ2) is 8.16. The number of amides is 2. The highest BCUT2D eigenvalue weighted by molar-refractivity contribution is 9.10. The number of nitrogens with one attached hydrogen (secondary N) is 2. The van der Waals surface area contributed by atoms with Crippen LogP contribution in [-0.4, -0.2) is 31.5 Å². The molecular formula is C19H19BrN2O3. The molecule has 5 nitrogen and oxygen atoms in total. The zero-order chi connectivity index (χ0) is 17.6. The Morgan fingerprint density at radius 1 is 1.12 bits per heavy atom.